The SMILES string of the molecule is CN1CC2(CCN(C(=O)C3CCCC3)CC2)CC1c1noc(-c2ccccc2)n1. The summed E-state index contributed by atoms with van der Waals surface area (Å²) in [5, 5.41) is 4.31. The Morgan fingerprint density at radius 3 is 2.59 bits per heavy atom. The van der Waals surface area contributed by atoms with Gasteiger partial charge in [-0.25, -0.2) is 0 Å². The third kappa shape index (κ3) is 3.59. The zero-order valence-electron chi connectivity index (χ0n) is 17.2. The van der Waals surface area contributed by atoms with Crippen LogP contribution in [0.25, 0.3) is 11.5 Å². The fourth-order valence-corrected chi connectivity index (χ4v) is 5.62. The third-order valence-electron chi connectivity index (χ3n) is 7.34. The topological polar surface area (TPSA) is 62.5 Å². The summed E-state index contributed by atoms with van der Waals surface area (Å²) in [4.78, 5) is 22.0. The first-order valence-corrected chi connectivity index (χ1v) is 11.0. The maximum absolute atomic E-state index is 12.8. The van der Waals surface area contributed by atoms with Gasteiger partial charge in [0.05, 0.1) is 6.04 Å². The van der Waals surface area contributed by atoms with Gasteiger partial charge in [0.2, 0.25) is 5.91 Å². The first-order valence-electron chi connectivity index (χ1n) is 11.0. The molecule has 0 bridgehead atoms. The van der Waals surface area contributed by atoms with Crippen LogP contribution in [0.15, 0.2) is 34.9 Å². The van der Waals surface area contributed by atoms with E-state index in [1.807, 2.05) is 30.3 Å². The molecular weight excluding hydrogens is 364 g/mol. The van der Waals surface area contributed by atoms with Gasteiger partial charge >= 0.3 is 0 Å². The van der Waals surface area contributed by atoms with Crippen molar-refractivity contribution in [2.75, 3.05) is 26.7 Å². The van der Waals surface area contributed by atoms with Crippen molar-refractivity contribution >= 4 is 5.91 Å². The molecule has 0 radical (unpaired) electrons. The van der Waals surface area contributed by atoms with Crippen LogP contribution in [0.1, 0.15) is 56.8 Å². The standard InChI is InChI=1S/C23H30N4O2/c1-26-16-23(11-13-27(14-12-23)22(28)18-9-5-6-10-18)15-19(26)20-24-21(29-25-20)17-7-3-2-4-8-17/h2-4,7-8,18-19H,5-6,9-16H2,1H3. The molecule has 29 heavy (non-hydrogen) atoms. The van der Waals surface area contributed by atoms with E-state index in [9.17, 15) is 4.79 Å². The first kappa shape index (κ1) is 18.8. The van der Waals surface area contributed by atoms with Gasteiger partial charge < -0.3 is 9.42 Å². The van der Waals surface area contributed by atoms with Crippen LogP contribution in [0.3, 0.4) is 0 Å². The minimum absolute atomic E-state index is 0.188. The lowest BCUT2D eigenvalue weighted by molar-refractivity contribution is -0.137. The van der Waals surface area contributed by atoms with Crippen molar-refractivity contribution in [1.82, 2.24) is 19.9 Å². The Labute approximate surface area is 172 Å². The van der Waals surface area contributed by atoms with E-state index in [1.54, 1.807) is 0 Å². The summed E-state index contributed by atoms with van der Waals surface area (Å²) in [6.07, 6.45) is 7.82. The molecule has 1 spiro atoms. The van der Waals surface area contributed by atoms with Crippen LogP contribution in [-0.4, -0.2) is 52.5 Å². The molecule has 3 aliphatic rings. The fourth-order valence-electron chi connectivity index (χ4n) is 5.62. The van der Waals surface area contributed by atoms with Gasteiger partial charge in [-0.05, 0) is 56.7 Å². The Balaban J connectivity index is 1.24. The number of benzene rings is 1. The van der Waals surface area contributed by atoms with Gasteiger partial charge in [0.15, 0.2) is 5.82 Å². The van der Waals surface area contributed by atoms with E-state index in [1.165, 1.54) is 12.8 Å². The second kappa shape index (κ2) is 7.56. The summed E-state index contributed by atoms with van der Waals surface area (Å²) < 4.78 is 5.55. The largest absolute Gasteiger partial charge is 0.342 e. The molecule has 1 saturated carbocycles. The third-order valence-corrected chi connectivity index (χ3v) is 7.34. The molecule has 1 amide bonds. The number of carbonyl (C=O) groups is 1. The van der Waals surface area contributed by atoms with Crippen LogP contribution >= 0.6 is 0 Å². The molecule has 6 heteroatoms. The average Bonchev–Trinajstić information content (AvgIpc) is 3.50. The normalized spacial score (nSPS) is 25.1. The van der Waals surface area contributed by atoms with Crippen LogP contribution < -0.4 is 0 Å². The zero-order chi connectivity index (χ0) is 19.8. The lowest BCUT2D eigenvalue weighted by Gasteiger charge is -2.40. The highest BCUT2D eigenvalue weighted by Gasteiger charge is 2.47. The van der Waals surface area contributed by atoms with Gasteiger partial charge in [-0.3, -0.25) is 9.69 Å². The second-order valence-corrected chi connectivity index (χ2v) is 9.27. The maximum Gasteiger partial charge on any atom is 0.257 e. The van der Waals surface area contributed by atoms with Crippen molar-refractivity contribution < 1.29 is 9.32 Å². The smallest absolute Gasteiger partial charge is 0.257 e. The molecular formula is C23H30N4O2. The Kier molecular flexibility index (Phi) is 4.90. The molecule has 1 atom stereocenters. The van der Waals surface area contributed by atoms with Gasteiger partial charge in [0, 0.05) is 31.1 Å². The molecule has 1 unspecified atom stereocenters. The van der Waals surface area contributed by atoms with Crippen LogP contribution in [0.4, 0.5) is 0 Å². The van der Waals surface area contributed by atoms with Crippen LogP contribution in [0.5, 0.6) is 0 Å². The second-order valence-electron chi connectivity index (χ2n) is 9.27. The fraction of sp³-hybridized carbons (Fsp3) is 0.609. The van der Waals surface area contributed by atoms with Crippen molar-refractivity contribution in [2.45, 2.75) is 51.0 Å². The van der Waals surface area contributed by atoms with E-state index >= 15 is 0 Å². The van der Waals surface area contributed by atoms with Crippen molar-refractivity contribution in [3.63, 3.8) is 0 Å². The van der Waals surface area contributed by atoms with Gasteiger partial charge in [0.25, 0.3) is 5.89 Å². The van der Waals surface area contributed by atoms with Crippen LogP contribution in [0.2, 0.25) is 0 Å². The zero-order valence-corrected chi connectivity index (χ0v) is 17.2. The molecule has 2 aliphatic heterocycles. The quantitative estimate of drug-likeness (QED) is 0.790. The monoisotopic (exact) mass is 394 g/mol. The molecule has 1 aliphatic carbocycles. The molecule has 5 rings (SSSR count). The summed E-state index contributed by atoms with van der Waals surface area (Å²) in [5.41, 5.74) is 1.22. The molecule has 6 nitrogen and oxygen atoms in total. The molecule has 0 N–H and O–H groups in total. The van der Waals surface area contributed by atoms with Gasteiger partial charge in [0.1, 0.15) is 0 Å². The summed E-state index contributed by atoms with van der Waals surface area (Å²) >= 11 is 0. The van der Waals surface area contributed by atoms with Crippen molar-refractivity contribution in [3.05, 3.63) is 36.2 Å². The Morgan fingerprint density at radius 1 is 1.14 bits per heavy atom. The van der Waals surface area contributed by atoms with E-state index in [-0.39, 0.29) is 11.5 Å². The predicted octanol–water partition coefficient (Wildman–Crippen LogP) is 3.91. The predicted molar refractivity (Wildman–Crippen MR) is 110 cm³/mol. The number of amides is 1. The Bertz CT molecular complexity index is 851. The Morgan fingerprint density at radius 2 is 1.86 bits per heavy atom. The highest BCUT2D eigenvalue weighted by atomic mass is 16.5. The highest BCUT2D eigenvalue weighted by molar-refractivity contribution is 5.79. The van der Waals surface area contributed by atoms with Gasteiger partial charge in [-0.2, -0.15) is 4.98 Å². The molecule has 3 heterocycles. The molecule has 154 valence electrons. The summed E-state index contributed by atoms with van der Waals surface area (Å²) in [5.74, 6) is 2.07. The van der Waals surface area contributed by atoms with Crippen molar-refractivity contribution in [2.24, 2.45) is 11.3 Å². The van der Waals surface area contributed by atoms with E-state index < -0.39 is 0 Å². The van der Waals surface area contributed by atoms with Gasteiger partial charge in [-0.1, -0.05) is 36.2 Å². The highest BCUT2D eigenvalue weighted by Crippen LogP contribution is 2.48. The number of aromatic nitrogens is 2. The lowest BCUT2D eigenvalue weighted by atomic mass is 9.76. The molecule has 1 aromatic carbocycles. The number of rotatable bonds is 3. The minimum atomic E-state index is 0.188. The minimum Gasteiger partial charge on any atom is -0.342 e. The number of piperidine rings is 1. The van der Waals surface area contributed by atoms with E-state index in [4.69, 9.17) is 9.51 Å². The summed E-state index contributed by atoms with van der Waals surface area (Å²) in [7, 11) is 2.16. The molecule has 3 fully saturated rings. The number of carbonyl (C=O) groups excluding carboxylic acids is 1. The van der Waals surface area contributed by atoms with Crippen molar-refractivity contribution in [3.8, 4) is 11.5 Å². The van der Waals surface area contributed by atoms with E-state index in [0.29, 0.717) is 17.7 Å². The first-order chi connectivity index (χ1) is 14.1. The van der Waals surface area contributed by atoms with Gasteiger partial charge in [-0.15, -0.1) is 0 Å². The van der Waals surface area contributed by atoms with E-state index in [2.05, 4.69) is 22.0 Å². The average molecular weight is 395 g/mol. The molecule has 2 saturated heterocycles. The number of hydrogen-bond donors (Lipinski definition) is 0. The summed E-state index contributed by atoms with van der Waals surface area (Å²) in [6, 6.07) is 10.1. The lowest BCUT2D eigenvalue weighted by Crippen LogP contribution is -2.45. The maximum atomic E-state index is 12.8. The number of hydrogen-bond acceptors (Lipinski definition) is 5. The summed E-state index contributed by atoms with van der Waals surface area (Å²) in [6.45, 7) is 2.84. The van der Waals surface area contributed by atoms with Crippen LogP contribution in [0, 0.1) is 11.3 Å². The van der Waals surface area contributed by atoms with Crippen molar-refractivity contribution in [1.29, 1.82) is 0 Å². The molecule has 1 aromatic heterocycles. The number of nitrogens with zero attached hydrogens (tertiary/aromatic N) is 4. The van der Waals surface area contributed by atoms with E-state index in [0.717, 1.165) is 63.1 Å². The number of likely N-dealkylation sites (tertiary alicyclic amines) is 2. The van der Waals surface area contributed by atoms with Crippen LogP contribution in [-0.2, 0) is 4.79 Å². The molecule has 2 aromatic rings. The Hall–Kier alpha value is -2.21.